The molecule has 0 aromatic heterocycles. The first-order valence-corrected chi connectivity index (χ1v) is 9.16. The van der Waals surface area contributed by atoms with Crippen molar-refractivity contribution in [3.05, 3.63) is 83.4 Å². The highest BCUT2D eigenvalue weighted by Gasteiger charge is 2.21. The maximum absolute atomic E-state index is 12.5. The Morgan fingerprint density at radius 2 is 1.72 bits per heavy atom. The lowest BCUT2D eigenvalue weighted by Gasteiger charge is -2.14. The predicted octanol–water partition coefficient (Wildman–Crippen LogP) is 4.63. The van der Waals surface area contributed by atoms with Crippen molar-refractivity contribution in [2.75, 3.05) is 5.32 Å². The van der Waals surface area contributed by atoms with Gasteiger partial charge in [-0.1, -0.05) is 66.2 Å². The first kappa shape index (κ1) is 19.8. The van der Waals surface area contributed by atoms with E-state index in [-0.39, 0.29) is 5.57 Å². The van der Waals surface area contributed by atoms with E-state index in [2.05, 4.69) is 5.32 Å². The number of nitriles is 1. The fourth-order valence-electron chi connectivity index (χ4n) is 2.81. The van der Waals surface area contributed by atoms with E-state index in [4.69, 9.17) is 4.74 Å². The third kappa shape index (κ3) is 4.88. The maximum Gasteiger partial charge on any atom is 0.349 e. The fourth-order valence-corrected chi connectivity index (χ4v) is 2.81. The summed E-state index contributed by atoms with van der Waals surface area (Å²) < 4.78 is 5.20. The van der Waals surface area contributed by atoms with Crippen LogP contribution in [-0.2, 0) is 14.3 Å². The summed E-state index contributed by atoms with van der Waals surface area (Å²) in [5.41, 5.74) is 2.24. The van der Waals surface area contributed by atoms with Gasteiger partial charge < -0.3 is 10.1 Å². The lowest BCUT2D eigenvalue weighted by molar-refractivity contribution is -0.148. The summed E-state index contributed by atoms with van der Waals surface area (Å²) in [5, 5.41) is 14.0. The average Bonchev–Trinajstić information content (AvgIpc) is 2.73. The minimum atomic E-state index is -1.06. The Hall–Kier alpha value is -3.91. The molecule has 0 heterocycles. The van der Waals surface area contributed by atoms with Crippen molar-refractivity contribution in [3.8, 4) is 6.07 Å². The highest BCUT2D eigenvalue weighted by molar-refractivity contribution is 6.05. The summed E-state index contributed by atoms with van der Waals surface area (Å²) in [6.45, 7) is 3.42. The second kappa shape index (κ2) is 8.85. The Bertz CT molecular complexity index is 1120. The number of hydrogen-bond donors (Lipinski definition) is 1. The smallest absolute Gasteiger partial charge is 0.349 e. The Morgan fingerprint density at radius 1 is 1.03 bits per heavy atom. The standard InChI is InChI=1S/C24H20N2O3/c1-16-10-12-18(13-11-16)14-20(15-25)24(28)29-17(2)23(27)26-22-9-5-7-19-6-3-4-8-21(19)22/h3-14,17H,1-2H3,(H,26,27)/b20-14+/t17-/m1/s1. The second-order valence-corrected chi connectivity index (χ2v) is 6.64. The Labute approximate surface area is 169 Å². The van der Waals surface area contributed by atoms with Crippen molar-refractivity contribution < 1.29 is 14.3 Å². The summed E-state index contributed by atoms with van der Waals surface area (Å²) in [6.07, 6.45) is 0.383. The van der Waals surface area contributed by atoms with Crippen LogP contribution in [0.15, 0.2) is 72.3 Å². The van der Waals surface area contributed by atoms with E-state index in [1.807, 2.05) is 61.5 Å². The van der Waals surface area contributed by atoms with E-state index in [1.54, 1.807) is 18.2 Å². The van der Waals surface area contributed by atoms with E-state index in [0.29, 0.717) is 11.3 Å². The van der Waals surface area contributed by atoms with Gasteiger partial charge in [-0.3, -0.25) is 4.79 Å². The van der Waals surface area contributed by atoms with Crippen LogP contribution in [0.4, 0.5) is 5.69 Å². The van der Waals surface area contributed by atoms with Crippen LogP contribution in [0.1, 0.15) is 18.1 Å². The molecule has 29 heavy (non-hydrogen) atoms. The van der Waals surface area contributed by atoms with Crippen LogP contribution in [0.25, 0.3) is 16.8 Å². The van der Waals surface area contributed by atoms with E-state index in [0.717, 1.165) is 16.3 Å². The Kier molecular flexibility index (Phi) is 6.06. The normalized spacial score (nSPS) is 12.1. The van der Waals surface area contributed by atoms with E-state index < -0.39 is 18.0 Å². The topological polar surface area (TPSA) is 79.2 Å². The number of nitrogens with one attached hydrogen (secondary N) is 1. The molecule has 1 amide bonds. The van der Waals surface area contributed by atoms with Crippen molar-refractivity contribution in [2.45, 2.75) is 20.0 Å². The average molecular weight is 384 g/mol. The van der Waals surface area contributed by atoms with Crippen molar-refractivity contribution in [3.63, 3.8) is 0 Å². The molecule has 0 bridgehead atoms. The number of aryl methyl sites for hydroxylation is 1. The van der Waals surface area contributed by atoms with Crippen LogP contribution in [0.3, 0.4) is 0 Å². The van der Waals surface area contributed by atoms with Crippen molar-refractivity contribution >= 4 is 34.4 Å². The number of hydrogen-bond acceptors (Lipinski definition) is 4. The first-order chi connectivity index (χ1) is 14.0. The van der Waals surface area contributed by atoms with Gasteiger partial charge in [0.25, 0.3) is 5.91 Å². The van der Waals surface area contributed by atoms with E-state index >= 15 is 0 Å². The highest BCUT2D eigenvalue weighted by Crippen LogP contribution is 2.23. The van der Waals surface area contributed by atoms with Gasteiger partial charge in [-0.25, -0.2) is 4.79 Å². The first-order valence-electron chi connectivity index (χ1n) is 9.16. The molecular weight excluding hydrogens is 364 g/mol. The molecule has 0 saturated carbocycles. The molecule has 3 rings (SSSR count). The summed E-state index contributed by atoms with van der Waals surface area (Å²) in [7, 11) is 0. The van der Waals surface area contributed by atoms with Gasteiger partial charge in [-0.2, -0.15) is 5.26 Å². The number of amides is 1. The van der Waals surface area contributed by atoms with Crippen LogP contribution in [0.5, 0.6) is 0 Å². The molecule has 0 aliphatic rings. The number of fused-ring (bicyclic) bond motifs is 1. The number of ether oxygens (including phenoxy) is 1. The monoisotopic (exact) mass is 384 g/mol. The zero-order valence-electron chi connectivity index (χ0n) is 16.2. The van der Waals surface area contributed by atoms with E-state index in [9.17, 15) is 14.9 Å². The Balaban J connectivity index is 1.70. The van der Waals surface area contributed by atoms with E-state index in [1.165, 1.54) is 13.0 Å². The predicted molar refractivity (Wildman–Crippen MR) is 113 cm³/mol. The zero-order valence-corrected chi connectivity index (χ0v) is 16.2. The molecule has 0 unspecified atom stereocenters. The molecule has 0 spiro atoms. The summed E-state index contributed by atoms with van der Waals surface area (Å²) in [4.78, 5) is 24.8. The SMILES string of the molecule is Cc1ccc(/C=C(\C#N)C(=O)O[C@H](C)C(=O)Nc2cccc3ccccc23)cc1. The molecule has 3 aromatic rings. The fraction of sp³-hybridized carbons (Fsp3) is 0.125. The molecule has 0 fully saturated rings. The van der Waals surface area contributed by atoms with Crippen LogP contribution in [-0.4, -0.2) is 18.0 Å². The van der Waals surface area contributed by atoms with Crippen LogP contribution < -0.4 is 5.32 Å². The quantitative estimate of drug-likeness (QED) is 0.395. The van der Waals surface area contributed by atoms with Gasteiger partial charge in [0.05, 0.1) is 0 Å². The minimum Gasteiger partial charge on any atom is -0.448 e. The van der Waals surface area contributed by atoms with Crippen LogP contribution in [0.2, 0.25) is 0 Å². The number of nitrogens with zero attached hydrogens (tertiary/aromatic N) is 1. The van der Waals surface area contributed by atoms with Gasteiger partial charge in [-0.15, -0.1) is 0 Å². The van der Waals surface area contributed by atoms with Crippen molar-refractivity contribution in [1.29, 1.82) is 5.26 Å². The largest absolute Gasteiger partial charge is 0.448 e. The molecule has 144 valence electrons. The summed E-state index contributed by atoms with van der Waals surface area (Å²) in [6, 6.07) is 22.4. The molecular formula is C24H20N2O3. The van der Waals surface area contributed by atoms with Gasteiger partial charge >= 0.3 is 5.97 Å². The number of anilines is 1. The third-order valence-corrected chi connectivity index (χ3v) is 4.43. The van der Waals surface area contributed by atoms with Crippen LogP contribution >= 0.6 is 0 Å². The molecule has 0 saturated heterocycles. The Morgan fingerprint density at radius 3 is 2.45 bits per heavy atom. The van der Waals surface area contributed by atoms with Crippen LogP contribution in [0, 0.1) is 18.3 Å². The molecule has 5 heteroatoms. The molecule has 5 nitrogen and oxygen atoms in total. The van der Waals surface area contributed by atoms with Gasteiger partial charge in [-0.05, 0) is 36.9 Å². The second-order valence-electron chi connectivity index (χ2n) is 6.64. The number of carbonyl (C=O) groups excluding carboxylic acids is 2. The minimum absolute atomic E-state index is 0.168. The molecule has 0 aliphatic heterocycles. The summed E-state index contributed by atoms with van der Waals surface area (Å²) in [5.74, 6) is -1.31. The zero-order chi connectivity index (χ0) is 20.8. The van der Waals surface area contributed by atoms with Gasteiger partial charge in [0, 0.05) is 11.1 Å². The molecule has 0 aliphatic carbocycles. The van der Waals surface area contributed by atoms with Gasteiger partial charge in [0.2, 0.25) is 0 Å². The van der Waals surface area contributed by atoms with Crippen molar-refractivity contribution in [1.82, 2.24) is 0 Å². The molecule has 0 radical (unpaired) electrons. The lowest BCUT2D eigenvalue weighted by Crippen LogP contribution is -2.30. The van der Waals surface area contributed by atoms with Crippen molar-refractivity contribution in [2.24, 2.45) is 0 Å². The third-order valence-electron chi connectivity index (χ3n) is 4.43. The number of rotatable bonds is 5. The number of benzene rings is 3. The summed E-state index contributed by atoms with van der Waals surface area (Å²) >= 11 is 0. The van der Waals surface area contributed by atoms with Gasteiger partial charge in [0.1, 0.15) is 11.6 Å². The number of esters is 1. The number of carbonyl (C=O) groups is 2. The lowest BCUT2D eigenvalue weighted by atomic mass is 10.1. The molecule has 1 atom stereocenters. The molecule has 3 aromatic carbocycles. The molecule has 1 N–H and O–H groups in total. The highest BCUT2D eigenvalue weighted by atomic mass is 16.5. The maximum atomic E-state index is 12.5. The van der Waals surface area contributed by atoms with Gasteiger partial charge in [0.15, 0.2) is 6.10 Å².